The second-order valence-corrected chi connectivity index (χ2v) is 8.13. The highest BCUT2D eigenvalue weighted by Gasteiger charge is 2.39. The molecule has 0 spiro atoms. The van der Waals surface area contributed by atoms with Gasteiger partial charge in [0.1, 0.15) is 5.75 Å². The lowest BCUT2D eigenvalue weighted by molar-refractivity contribution is -0.174. The van der Waals surface area contributed by atoms with Gasteiger partial charge in [-0.3, -0.25) is 4.79 Å². The second kappa shape index (κ2) is 10.4. The van der Waals surface area contributed by atoms with Gasteiger partial charge in [-0.2, -0.15) is 13.2 Å². The lowest BCUT2D eigenvalue weighted by atomic mass is 10.1. The molecule has 3 aromatic rings. The third-order valence-corrected chi connectivity index (χ3v) is 5.53. The number of rotatable bonds is 7. The van der Waals surface area contributed by atoms with Crippen molar-refractivity contribution in [2.24, 2.45) is 0 Å². The lowest BCUT2D eigenvalue weighted by Gasteiger charge is -2.17. The van der Waals surface area contributed by atoms with Crippen LogP contribution in [0.15, 0.2) is 88.7 Å². The molecule has 8 heteroatoms. The zero-order valence-electron chi connectivity index (χ0n) is 17.1. The first-order chi connectivity index (χ1) is 15.2. The molecule has 0 aliphatic heterocycles. The van der Waals surface area contributed by atoms with Crippen molar-refractivity contribution in [3.8, 4) is 5.75 Å². The van der Waals surface area contributed by atoms with Gasteiger partial charge in [-0.25, -0.2) is 4.79 Å². The molecule has 166 valence electrons. The Morgan fingerprint density at radius 1 is 0.938 bits per heavy atom. The average Bonchev–Trinajstić information content (AvgIpc) is 2.76. The molecule has 32 heavy (non-hydrogen) atoms. The standard InChI is InChI=1S/C24H20F3NO3S/c1-16(28-23(30)24(25,26)27)15-18-9-5-6-10-21(18)32-20-13-11-19(12-14-20)31-22(29)17-7-3-2-4-8-17/h2-14,16H,15H2,1H3,(H,28,30). The number of carbonyl (C=O) groups is 2. The minimum Gasteiger partial charge on any atom is -0.423 e. The van der Waals surface area contributed by atoms with E-state index in [1.807, 2.05) is 29.6 Å². The number of amides is 1. The second-order valence-electron chi connectivity index (χ2n) is 7.01. The van der Waals surface area contributed by atoms with Gasteiger partial charge in [0.05, 0.1) is 5.56 Å². The smallest absolute Gasteiger partial charge is 0.423 e. The zero-order valence-corrected chi connectivity index (χ0v) is 17.9. The van der Waals surface area contributed by atoms with E-state index in [0.717, 1.165) is 15.4 Å². The summed E-state index contributed by atoms with van der Waals surface area (Å²) in [6.45, 7) is 1.53. The van der Waals surface area contributed by atoms with E-state index in [1.165, 1.54) is 18.7 Å². The summed E-state index contributed by atoms with van der Waals surface area (Å²) in [7, 11) is 0. The van der Waals surface area contributed by atoms with Crippen LogP contribution in [-0.2, 0) is 11.2 Å². The van der Waals surface area contributed by atoms with Gasteiger partial charge in [0.15, 0.2) is 0 Å². The van der Waals surface area contributed by atoms with Crippen molar-refractivity contribution in [2.45, 2.75) is 35.4 Å². The highest BCUT2D eigenvalue weighted by atomic mass is 32.2. The van der Waals surface area contributed by atoms with Crippen LogP contribution in [-0.4, -0.2) is 24.1 Å². The molecule has 0 fully saturated rings. The molecule has 0 saturated heterocycles. The first-order valence-electron chi connectivity index (χ1n) is 9.73. The number of carbonyl (C=O) groups excluding carboxylic acids is 2. The van der Waals surface area contributed by atoms with Gasteiger partial charge in [-0.15, -0.1) is 0 Å². The number of hydrogen-bond donors (Lipinski definition) is 1. The Morgan fingerprint density at radius 3 is 2.22 bits per heavy atom. The highest BCUT2D eigenvalue weighted by Crippen LogP contribution is 2.32. The number of ether oxygens (including phenoxy) is 1. The molecule has 3 rings (SSSR count). The van der Waals surface area contributed by atoms with Crippen molar-refractivity contribution >= 4 is 23.6 Å². The summed E-state index contributed by atoms with van der Waals surface area (Å²) in [5.41, 5.74) is 1.26. The van der Waals surface area contributed by atoms with Crippen LogP contribution in [0.1, 0.15) is 22.8 Å². The third-order valence-electron chi connectivity index (χ3n) is 4.41. The summed E-state index contributed by atoms with van der Waals surface area (Å²) in [5.74, 6) is -2.00. The summed E-state index contributed by atoms with van der Waals surface area (Å²) in [4.78, 5) is 25.0. The van der Waals surface area contributed by atoms with Crippen LogP contribution in [0.4, 0.5) is 13.2 Å². The van der Waals surface area contributed by atoms with Crippen molar-refractivity contribution in [2.75, 3.05) is 0 Å². The minimum absolute atomic E-state index is 0.248. The summed E-state index contributed by atoms with van der Waals surface area (Å²) in [6, 6.07) is 22.2. The van der Waals surface area contributed by atoms with E-state index in [9.17, 15) is 22.8 Å². The van der Waals surface area contributed by atoms with Crippen molar-refractivity contribution in [3.63, 3.8) is 0 Å². The lowest BCUT2D eigenvalue weighted by Crippen LogP contribution is -2.42. The van der Waals surface area contributed by atoms with Gasteiger partial charge in [0.25, 0.3) is 0 Å². The third kappa shape index (κ3) is 6.62. The number of benzene rings is 3. The van der Waals surface area contributed by atoms with Crippen LogP contribution in [0, 0.1) is 0 Å². The normalized spacial score (nSPS) is 12.1. The molecule has 3 aromatic carbocycles. The first kappa shape index (κ1) is 23.4. The predicted octanol–water partition coefficient (Wildman–Crippen LogP) is 5.67. The molecule has 0 heterocycles. The van der Waals surface area contributed by atoms with Gasteiger partial charge >= 0.3 is 18.1 Å². The topological polar surface area (TPSA) is 55.4 Å². The molecule has 0 saturated carbocycles. The zero-order chi connectivity index (χ0) is 23.1. The SMILES string of the molecule is CC(Cc1ccccc1Sc1ccc(OC(=O)c2ccccc2)cc1)NC(=O)C(F)(F)F. The van der Waals surface area contributed by atoms with Crippen LogP contribution in [0.3, 0.4) is 0 Å². The summed E-state index contributed by atoms with van der Waals surface area (Å²) < 4.78 is 42.8. The average molecular weight is 459 g/mol. The van der Waals surface area contributed by atoms with Gasteiger partial charge < -0.3 is 10.1 Å². The van der Waals surface area contributed by atoms with E-state index in [2.05, 4.69) is 0 Å². The molecule has 1 atom stereocenters. The van der Waals surface area contributed by atoms with Crippen LogP contribution >= 0.6 is 11.8 Å². The molecular weight excluding hydrogens is 439 g/mol. The molecule has 1 N–H and O–H groups in total. The minimum atomic E-state index is -4.91. The predicted molar refractivity (Wildman–Crippen MR) is 116 cm³/mol. The largest absolute Gasteiger partial charge is 0.471 e. The fourth-order valence-corrected chi connectivity index (χ4v) is 3.86. The number of halogens is 3. The fourth-order valence-electron chi connectivity index (χ4n) is 2.90. The Labute approximate surface area is 187 Å². The van der Waals surface area contributed by atoms with E-state index < -0.39 is 24.1 Å². The van der Waals surface area contributed by atoms with Crippen LogP contribution < -0.4 is 10.1 Å². The molecule has 1 unspecified atom stereocenters. The van der Waals surface area contributed by atoms with Crippen molar-refractivity contribution < 1.29 is 27.5 Å². The van der Waals surface area contributed by atoms with E-state index in [0.29, 0.717) is 11.3 Å². The molecule has 1 amide bonds. The van der Waals surface area contributed by atoms with Crippen molar-refractivity contribution in [1.82, 2.24) is 5.32 Å². The molecule has 0 radical (unpaired) electrons. The van der Waals surface area contributed by atoms with E-state index in [-0.39, 0.29) is 6.42 Å². The van der Waals surface area contributed by atoms with Gasteiger partial charge in [-0.05, 0) is 61.4 Å². The molecule has 4 nitrogen and oxygen atoms in total. The first-order valence-corrected chi connectivity index (χ1v) is 10.5. The summed E-state index contributed by atoms with van der Waals surface area (Å²) in [6.07, 6.45) is -4.66. The summed E-state index contributed by atoms with van der Waals surface area (Å²) in [5, 5.41) is 1.98. The number of hydrogen-bond acceptors (Lipinski definition) is 4. The Morgan fingerprint density at radius 2 is 1.56 bits per heavy atom. The Balaban J connectivity index is 1.64. The highest BCUT2D eigenvalue weighted by molar-refractivity contribution is 7.99. The van der Waals surface area contributed by atoms with Crippen LogP contribution in [0.25, 0.3) is 0 Å². The van der Waals surface area contributed by atoms with E-state index >= 15 is 0 Å². The molecule has 0 aliphatic carbocycles. The quantitative estimate of drug-likeness (QED) is 0.366. The molecule has 0 aromatic heterocycles. The maximum atomic E-state index is 12.5. The van der Waals surface area contributed by atoms with Crippen LogP contribution in [0.2, 0.25) is 0 Å². The van der Waals surface area contributed by atoms with Crippen molar-refractivity contribution in [3.05, 3.63) is 90.0 Å². The molecule has 0 aliphatic rings. The van der Waals surface area contributed by atoms with Gasteiger partial charge in [-0.1, -0.05) is 48.2 Å². The number of nitrogens with one attached hydrogen (secondary N) is 1. The van der Waals surface area contributed by atoms with E-state index in [4.69, 9.17) is 4.74 Å². The summed E-state index contributed by atoms with van der Waals surface area (Å²) >= 11 is 1.43. The fraction of sp³-hybridized carbons (Fsp3) is 0.167. The maximum absolute atomic E-state index is 12.5. The van der Waals surface area contributed by atoms with Crippen molar-refractivity contribution in [1.29, 1.82) is 0 Å². The maximum Gasteiger partial charge on any atom is 0.471 e. The monoisotopic (exact) mass is 459 g/mol. The Kier molecular flexibility index (Phi) is 7.58. The molecular formula is C24H20F3NO3S. The van der Waals surface area contributed by atoms with Gasteiger partial charge in [0.2, 0.25) is 0 Å². The van der Waals surface area contributed by atoms with E-state index in [1.54, 1.807) is 54.6 Å². The van der Waals surface area contributed by atoms with Crippen LogP contribution in [0.5, 0.6) is 5.75 Å². The Bertz CT molecular complexity index is 1070. The number of esters is 1. The molecule has 0 bridgehead atoms. The van der Waals surface area contributed by atoms with Gasteiger partial charge in [0, 0.05) is 15.8 Å². The Hall–Kier alpha value is -3.26. The number of alkyl halides is 3.